The van der Waals surface area contributed by atoms with Crippen LogP contribution in [0.25, 0.3) is 17.1 Å². The van der Waals surface area contributed by atoms with Gasteiger partial charge in [-0.05, 0) is 37.0 Å². The van der Waals surface area contributed by atoms with Crippen molar-refractivity contribution in [3.63, 3.8) is 0 Å². The van der Waals surface area contributed by atoms with E-state index in [1.165, 1.54) is 18.5 Å². The van der Waals surface area contributed by atoms with Gasteiger partial charge in [0.25, 0.3) is 0 Å². The van der Waals surface area contributed by atoms with Crippen molar-refractivity contribution in [2.24, 2.45) is 5.92 Å². The predicted octanol–water partition coefficient (Wildman–Crippen LogP) is 2.08. The van der Waals surface area contributed by atoms with Crippen molar-refractivity contribution in [2.45, 2.75) is 25.5 Å². The fraction of sp³-hybridized carbons (Fsp3) is 0.312. The summed E-state index contributed by atoms with van der Waals surface area (Å²) in [6.45, 7) is 0.449. The van der Waals surface area contributed by atoms with Crippen molar-refractivity contribution in [3.8, 4) is 17.1 Å². The normalized spacial score (nSPS) is 17.1. The summed E-state index contributed by atoms with van der Waals surface area (Å²) in [6.07, 6.45) is 4.67. The lowest BCUT2D eigenvalue weighted by Crippen LogP contribution is -2.10. The van der Waals surface area contributed by atoms with Gasteiger partial charge in [0.05, 0.1) is 29.9 Å². The van der Waals surface area contributed by atoms with Crippen LogP contribution in [0, 0.1) is 11.7 Å². The first-order valence-corrected chi connectivity index (χ1v) is 7.64. The maximum atomic E-state index is 13.7. The Morgan fingerprint density at radius 1 is 1.26 bits per heavy atom. The van der Waals surface area contributed by atoms with E-state index in [9.17, 15) is 9.50 Å². The van der Waals surface area contributed by atoms with E-state index in [4.69, 9.17) is 0 Å². The molecule has 23 heavy (non-hydrogen) atoms. The Hall–Kier alpha value is -2.54. The van der Waals surface area contributed by atoms with Crippen molar-refractivity contribution in [2.75, 3.05) is 0 Å². The number of rotatable bonds is 2. The Morgan fingerprint density at radius 2 is 2.13 bits per heavy atom. The molecular formula is C16H14FN5O. The van der Waals surface area contributed by atoms with Gasteiger partial charge in [0, 0.05) is 5.56 Å². The Balaban J connectivity index is 1.77. The van der Waals surface area contributed by atoms with Gasteiger partial charge in [-0.25, -0.2) is 19.0 Å². The second kappa shape index (κ2) is 4.48. The zero-order valence-electron chi connectivity index (χ0n) is 12.2. The van der Waals surface area contributed by atoms with Crippen LogP contribution >= 0.6 is 0 Å². The second-order valence-corrected chi connectivity index (χ2v) is 6.13. The molecule has 1 aliphatic carbocycles. The average molecular weight is 311 g/mol. The Kier molecular flexibility index (Phi) is 2.52. The largest absolute Gasteiger partial charge is 0.386 e. The molecule has 7 heteroatoms. The van der Waals surface area contributed by atoms with Gasteiger partial charge in [-0.1, -0.05) is 0 Å². The molecule has 0 amide bonds. The molecule has 1 aromatic carbocycles. The lowest BCUT2D eigenvalue weighted by molar-refractivity contribution is 0.148. The molecule has 0 bridgehead atoms. The molecule has 1 saturated carbocycles. The molecule has 2 aromatic heterocycles. The Labute approximate surface area is 131 Å². The van der Waals surface area contributed by atoms with Crippen LogP contribution in [0.2, 0.25) is 0 Å². The summed E-state index contributed by atoms with van der Waals surface area (Å²) in [7, 11) is 0. The SMILES string of the molecule is OC(c1ncn2c1Cn1ncnc1-c1cc(F)ccc1-2)C1CC1. The van der Waals surface area contributed by atoms with Crippen molar-refractivity contribution < 1.29 is 9.50 Å². The number of imidazole rings is 1. The van der Waals surface area contributed by atoms with Crippen LogP contribution < -0.4 is 0 Å². The molecule has 0 radical (unpaired) electrons. The molecule has 1 fully saturated rings. The summed E-state index contributed by atoms with van der Waals surface area (Å²) in [5, 5.41) is 14.8. The third-order valence-electron chi connectivity index (χ3n) is 4.62. The summed E-state index contributed by atoms with van der Waals surface area (Å²) < 4.78 is 17.4. The maximum absolute atomic E-state index is 13.7. The smallest absolute Gasteiger partial charge is 0.160 e. The van der Waals surface area contributed by atoms with E-state index in [0.29, 0.717) is 29.5 Å². The fourth-order valence-electron chi connectivity index (χ4n) is 3.26. The Morgan fingerprint density at radius 3 is 2.96 bits per heavy atom. The zero-order valence-corrected chi connectivity index (χ0v) is 12.2. The number of nitrogens with zero attached hydrogens (tertiary/aromatic N) is 5. The highest BCUT2D eigenvalue weighted by Gasteiger charge is 2.35. The van der Waals surface area contributed by atoms with Crippen molar-refractivity contribution in [1.29, 1.82) is 0 Å². The molecule has 3 heterocycles. The van der Waals surface area contributed by atoms with Crippen LogP contribution in [-0.4, -0.2) is 29.4 Å². The zero-order chi connectivity index (χ0) is 15.6. The lowest BCUT2D eigenvalue weighted by Gasteiger charge is -2.11. The van der Waals surface area contributed by atoms with E-state index >= 15 is 0 Å². The number of hydrogen-bond acceptors (Lipinski definition) is 4. The average Bonchev–Trinajstić information content (AvgIpc) is 3.20. The number of halogens is 1. The highest BCUT2D eigenvalue weighted by molar-refractivity contribution is 5.69. The highest BCUT2D eigenvalue weighted by Crippen LogP contribution is 2.42. The number of hydrogen-bond donors (Lipinski definition) is 1. The third-order valence-corrected chi connectivity index (χ3v) is 4.62. The van der Waals surface area contributed by atoms with Crippen LogP contribution in [-0.2, 0) is 6.54 Å². The standard InChI is InChI=1S/C16H14FN5O/c17-10-3-4-12-11(5-10)16-18-7-20-22(16)6-13-14(19-8-21(12)13)15(23)9-1-2-9/h3-5,7-9,15,23H,1-2,6H2. The first-order valence-electron chi connectivity index (χ1n) is 7.64. The van der Waals surface area contributed by atoms with Crippen LogP contribution in [0.1, 0.15) is 30.3 Å². The van der Waals surface area contributed by atoms with Gasteiger partial charge in [0.2, 0.25) is 0 Å². The van der Waals surface area contributed by atoms with Crippen molar-refractivity contribution in [1.82, 2.24) is 24.3 Å². The molecular weight excluding hydrogens is 297 g/mol. The summed E-state index contributed by atoms with van der Waals surface area (Å²) in [5.74, 6) is 0.593. The van der Waals surface area contributed by atoms with E-state index in [2.05, 4.69) is 15.1 Å². The summed E-state index contributed by atoms with van der Waals surface area (Å²) >= 11 is 0. The molecule has 3 aromatic rings. The molecule has 1 unspecified atom stereocenters. The van der Waals surface area contributed by atoms with E-state index in [1.807, 2.05) is 4.57 Å². The number of benzene rings is 1. The molecule has 5 rings (SSSR count). The van der Waals surface area contributed by atoms with E-state index < -0.39 is 6.10 Å². The molecule has 1 atom stereocenters. The number of aliphatic hydroxyl groups is 1. The van der Waals surface area contributed by atoms with Gasteiger partial charge in [-0.3, -0.25) is 0 Å². The second-order valence-electron chi connectivity index (χ2n) is 6.13. The van der Waals surface area contributed by atoms with Gasteiger partial charge < -0.3 is 9.67 Å². The van der Waals surface area contributed by atoms with E-state index in [-0.39, 0.29) is 5.82 Å². The van der Waals surface area contributed by atoms with E-state index in [1.54, 1.807) is 17.1 Å². The highest BCUT2D eigenvalue weighted by atomic mass is 19.1. The van der Waals surface area contributed by atoms with Crippen molar-refractivity contribution in [3.05, 3.63) is 48.1 Å². The maximum Gasteiger partial charge on any atom is 0.160 e. The number of aromatic nitrogens is 5. The molecule has 0 spiro atoms. The minimum atomic E-state index is -0.555. The summed E-state index contributed by atoms with van der Waals surface area (Å²) in [6, 6.07) is 4.60. The van der Waals surface area contributed by atoms with Gasteiger partial charge in [0.15, 0.2) is 5.82 Å². The first-order chi connectivity index (χ1) is 11.2. The Bertz CT molecular complexity index is 911. The quantitative estimate of drug-likeness (QED) is 0.615. The molecule has 1 aliphatic heterocycles. The van der Waals surface area contributed by atoms with Crippen LogP contribution in [0.15, 0.2) is 30.9 Å². The minimum Gasteiger partial charge on any atom is -0.386 e. The topological polar surface area (TPSA) is 68.8 Å². The molecule has 0 saturated heterocycles. The van der Waals surface area contributed by atoms with Crippen LogP contribution in [0.5, 0.6) is 0 Å². The monoisotopic (exact) mass is 311 g/mol. The van der Waals surface area contributed by atoms with Crippen LogP contribution in [0.4, 0.5) is 4.39 Å². The summed E-state index contributed by atoms with van der Waals surface area (Å²) in [4.78, 5) is 8.71. The van der Waals surface area contributed by atoms with Gasteiger partial charge in [0.1, 0.15) is 18.2 Å². The van der Waals surface area contributed by atoms with Gasteiger partial charge in [-0.2, -0.15) is 5.10 Å². The van der Waals surface area contributed by atoms with E-state index in [0.717, 1.165) is 24.2 Å². The molecule has 1 N–H and O–H groups in total. The van der Waals surface area contributed by atoms with Gasteiger partial charge >= 0.3 is 0 Å². The number of fused-ring (bicyclic) bond motifs is 5. The van der Waals surface area contributed by atoms with Gasteiger partial charge in [-0.15, -0.1) is 0 Å². The predicted molar refractivity (Wildman–Crippen MR) is 79.3 cm³/mol. The minimum absolute atomic E-state index is 0.292. The molecule has 6 nitrogen and oxygen atoms in total. The first kappa shape index (κ1) is 13.0. The number of aliphatic hydroxyl groups excluding tert-OH is 1. The third kappa shape index (κ3) is 1.86. The molecule has 116 valence electrons. The van der Waals surface area contributed by atoms with Crippen molar-refractivity contribution >= 4 is 0 Å². The van der Waals surface area contributed by atoms with Crippen LogP contribution in [0.3, 0.4) is 0 Å². The summed E-state index contributed by atoms with van der Waals surface area (Å²) in [5.41, 5.74) is 3.04. The lowest BCUT2D eigenvalue weighted by atomic mass is 10.1. The molecule has 2 aliphatic rings. The fourth-order valence-corrected chi connectivity index (χ4v) is 3.26.